The van der Waals surface area contributed by atoms with Crippen LogP contribution in [0.15, 0.2) is 24.3 Å². The minimum atomic E-state index is -1.00. The number of carbonyl (C=O) groups excluding carboxylic acids is 1. The van der Waals surface area contributed by atoms with Crippen LogP contribution in [0.5, 0.6) is 0 Å². The molecule has 110 valence electrons. The van der Waals surface area contributed by atoms with Crippen LogP contribution >= 0.6 is 0 Å². The van der Waals surface area contributed by atoms with Crippen molar-refractivity contribution in [3.63, 3.8) is 0 Å². The van der Waals surface area contributed by atoms with Gasteiger partial charge in [0.05, 0.1) is 16.9 Å². The SMILES string of the molecule is Cc1nn(C)c(C(=O)OCc2ccc(C(=O)O)cc2)c1N. The van der Waals surface area contributed by atoms with Crippen molar-refractivity contribution in [3.05, 3.63) is 46.8 Å². The summed E-state index contributed by atoms with van der Waals surface area (Å²) in [7, 11) is 1.61. The number of rotatable bonds is 4. The Bertz CT molecular complexity index is 689. The predicted octanol–water partition coefficient (Wildman–Crippen LogP) is 1.37. The molecule has 0 aliphatic rings. The van der Waals surface area contributed by atoms with Crippen LogP contribution in [-0.2, 0) is 18.4 Å². The molecule has 21 heavy (non-hydrogen) atoms. The molecule has 7 nitrogen and oxygen atoms in total. The van der Waals surface area contributed by atoms with Gasteiger partial charge in [-0.3, -0.25) is 4.68 Å². The minimum Gasteiger partial charge on any atom is -0.478 e. The second kappa shape index (κ2) is 5.66. The zero-order valence-corrected chi connectivity index (χ0v) is 11.7. The summed E-state index contributed by atoms with van der Waals surface area (Å²) in [4.78, 5) is 22.7. The molecular weight excluding hydrogens is 274 g/mol. The van der Waals surface area contributed by atoms with Gasteiger partial charge in [0.15, 0.2) is 5.69 Å². The minimum absolute atomic E-state index is 0.0302. The van der Waals surface area contributed by atoms with E-state index in [2.05, 4.69) is 5.10 Å². The first-order valence-corrected chi connectivity index (χ1v) is 6.18. The van der Waals surface area contributed by atoms with Gasteiger partial charge in [-0.2, -0.15) is 5.10 Å². The summed E-state index contributed by atoms with van der Waals surface area (Å²) in [5, 5.41) is 12.8. The number of benzene rings is 1. The van der Waals surface area contributed by atoms with Gasteiger partial charge in [-0.05, 0) is 24.6 Å². The number of aryl methyl sites for hydroxylation is 2. The molecule has 0 bridgehead atoms. The van der Waals surface area contributed by atoms with Crippen LogP contribution in [0.3, 0.4) is 0 Å². The van der Waals surface area contributed by atoms with Crippen LogP contribution in [0.1, 0.15) is 32.1 Å². The van der Waals surface area contributed by atoms with Crippen LogP contribution in [0.2, 0.25) is 0 Å². The third-order valence-electron chi connectivity index (χ3n) is 3.03. The molecule has 1 heterocycles. The predicted molar refractivity (Wildman–Crippen MR) is 74.9 cm³/mol. The number of hydrogen-bond donors (Lipinski definition) is 2. The third-order valence-corrected chi connectivity index (χ3v) is 3.03. The number of aromatic nitrogens is 2. The fourth-order valence-electron chi connectivity index (χ4n) is 1.88. The van der Waals surface area contributed by atoms with Crippen LogP contribution < -0.4 is 5.73 Å². The summed E-state index contributed by atoms with van der Waals surface area (Å²) in [6, 6.07) is 6.09. The van der Waals surface area contributed by atoms with Crippen LogP contribution in [-0.4, -0.2) is 26.8 Å². The van der Waals surface area contributed by atoms with Crippen molar-refractivity contribution in [1.82, 2.24) is 9.78 Å². The van der Waals surface area contributed by atoms with E-state index in [4.69, 9.17) is 15.6 Å². The van der Waals surface area contributed by atoms with Crippen molar-refractivity contribution in [2.24, 2.45) is 7.05 Å². The van der Waals surface area contributed by atoms with E-state index in [1.807, 2.05) is 0 Å². The lowest BCUT2D eigenvalue weighted by Crippen LogP contribution is -2.12. The zero-order valence-electron chi connectivity index (χ0n) is 11.7. The van der Waals surface area contributed by atoms with Gasteiger partial charge in [0.25, 0.3) is 0 Å². The summed E-state index contributed by atoms with van der Waals surface area (Å²) in [5.74, 6) is -1.57. The maximum absolute atomic E-state index is 12.0. The number of nitrogen functional groups attached to an aromatic ring is 1. The maximum atomic E-state index is 12.0. The molecular formula is C14H15N3O4. The molecule has 0 saturated carbocycles. The number of hydrogen-bond acceptors (Lipinski definition) is 5. The molecule has 1 aromatic heterocycles. The number of carboxylic acids is 1. The number of nitrogens with zero attached hydrogens (tertiary/aromatic N) is 2. The van der Waals surface area contributed by atoms with Crippen LogP contribution in [0.4, 0.5) is 5.69 Å². The van der Waals surface area contributed by atoms with Crippen molar-refractivity contribution < 1.29 is 19.4 Å². The Labute approximate surface area is 120 Å². The number of aromatic carboxylic acids is 1. The van der Waals surface area contributed by atoms with Gasteiger partial charge in [-0.25, -0.2) is 9.59 Å². The number of anilines is 1. The smallest absolute Gasteiger partial charge is 0.359 e. The summed E-state index contributed by atoms with van der Waals surface area (Å²) >= 11 is 0. The molecule has 2 aromatic rings. The van der Waals surface area contributed by atoms with E-state index in [9.17, 15) is 9.59 Å². The number of ether oxygens (including phenoxy) is 1. The van der Waals surface area contributed by atoms with Gasteiger partial charge in [0.1, 0.15) is 6.61 Å². The van der Waals surface area contributed by atoms with E-state index in [1.165, 1.54) is 16.8 Å². The van der Waals surface area contributed by atoms with Gasteiger partial charge >= 0.3 is 11.9 Å². The van der Waals surface area contributed by atoms with Crippen molar-refractivity contribution >= 4 is 17.6 Å². The van der Waals surface area contributed by atoms with Gasteiger partial charge in [-0.1, -0.05) is 12.1 Å². The Morgan fingerprint density at radius 2 is 1.95 bits per heavy atom. The molecule has 0 atom stereocenters. The van der Waals surface area contributed by atoms with E-state index in [0.29, 0.717) is 16.9 Å². The molecule has 0 fully saturated rings. The Hall–Kier alpha value is -2.83. The Morgan fingerprint density at radius 1 is 1.33 bits per heavy atom. The molecule has 0 aliphatic heterocycles. The standard InChI is InChI=1S/C14H15N3O4/c1-8-11(15)12(17(2)16-8)14(20)21-7-9-3-5-10(6-4-9)13(18)19/h3-6H,7,15H2,1-2H3,(H,18,19). The lowest BCUT2D eigenvalue weighted by molar-refractivity contribution is 0.0460. The lowest BCUT2D eigenvalue weighted by atomic mass is 10.1. The fourth-order valence-corrected chi connectivity index (χ4v) is 1.88. The molecule has 0 amide bonds. The van der Waals surface area contributed by atoms with Crippen molar-refractivity contribution in [2.75, 3.05) is 5.73 Å². The topological polar surface area (TPSA) is 107 Å². The van der Waals surface area contributed by atoms with E-state index >= 15 is 0 Å². The molecule has 2 rings (SSSR count). The summed E-state index contributed by atoms with van der Waals surface area (Å²) in [6.07, 6.45) is 0. The van der Waals surface area contributed by atoms with E-state index < -0.39 is 11.9 Å². The average Bonchev–Trinajstić information content (AvgIpc) is 2.70. The lowest BCUT2D eigenvalue weighted by Gasteiger charge is -2.06. The fraction of sp³-hybridized carbons (Fsp3) is 0.214. The van der Waals surface area contributed by atoms with E-state index in [1.54, 1.807) is 26.1 Å². The van der Waals surface area contributed by atoms with Crippen molar-refractivity contribution in [1.29, 1.82) is 0 Å². The number of nitrogens with two attached hydrogens (primary N) is 1. The third kappa shape index (κ3) is 3.02. The van der Waals surface area contributed by atoms with Crippen LogP contribution in [0.25, 0.3) is 0 Å². The van der Waals surface area contributed by atoms with Crippen LogP contribution in [0, 0.1) is 6.92 Å². The molecule has 7 heteroatoms. The second-order valence-electron chi connectivity index (χ2n) is 4.55. The average molecular weight is 289 g/mol. The largest absolute Gasteiger partial charge is 0.478 e. The number of esters is 1. The first kappa shape index (κ1) is 14.6. The van der Waals surface area contributed by atoms with Crippen molar-refractivity contribution in [3.8, 4) is 0 Å². The molecule has 0 spiro atoms. The molecule has 0 saturated heterocycles. The molecule has 0 unspecified atom stereocenters. The summed E-state index contributed by atoms with van der Waals surface area (Å²) in [5.41, 5.74) is 7.70. The Kier molecular flexibility index (Phi) is 3.93. The Balaban J connectivity index is 2.05. The highest BCUT2D eigenvalue weighted by atomic mass is 16.5. The maximum Gasteiger partial charge on any atom is 0.359 e. The number of carboxylic acid groups (broad SMARTS) is 1. The van der Waals surface area contributed by atoms with Gasteiger partial charge < -0.3 is 15.6 Å². The highest BCUT2D eigenvalue weighted by molar-refractivity contribution is 5.93. The quantitative estimate of drug-likeness (QED) is 0.823. The molecule has 0 radical (unpaired) electrons. The van der Waals surface area contributed by atoms with Gasteiger partial charge in [0.2, 0.25) is 0 Å². The highest BCUT2D eigenvalue weighted by Crippen LogP contribution is 2.17. The normalized spacial score (nSPS) is 10.4. The van der Waals surface area contributed by atoms with E-state index in [0.717, 1.165) is 0 Å². The Morgan fingerprint density at radius 3 is 2.43 bits per heavy atom. The summed E-state index contributed by atoms with van der Waals surface area (Å²) in [6.45, 7) is 1.74. The van der Waals surface area contributed by atoms with Gasteiger partial charge in [-0.15, -0.1) is 0 Å². The molecule has 3 N–H and O–H groups in total. The highest BCUT2D eigenvalue weighted by Gasteiger charge is 2.19. The summed E-state index contributed by atoms with van der Waals surface area (Å²) < 4.78 is 6.54. The van der Waals surface area contributed by atoms with E-state index in [-0.39, 0.29) is 17.9 Å². The first-order valence-electron chi connectivity index (χ1n) is 6.18. The number of carbonyl (C=O) groups is 2. The molecule has 0 aliphatic carbocycles. The van der Waals surface area contributed by atoms with Crippen molar-refractivity contribution in [2.45, 2.75) is 13.5 Å². The second-order valence-corrected chi connectivity index (χ2v) is 4.55. The zero-order chi connectivity index (χ0) is 15.6. The van der Waals surface area contributed by atoms with Gasteiger partial charge in [0, 0.05) is 7.05 Å². The monoisotopic (exact) mass is 289 g/mol. The molecule has 1 aromatic carbocycles. The first-order chi connectivity index (χ1) is 9.90.